The highest BCUT2D eigenvalue weighted by Gasteiger charge is 2.20. The van der Waals surface area contributed by atoms with Gasteiger partial charge < -0.3 is 9.47 Å². The molecule has 0 aliphatic rings. The van der Waals surface area contributed by atoms with Gasteiger partial charge in [0.2, 0.25) is 0 Å². The Hall–Kier alpha value is -8.24. The Labute approximate surface area is 381 Å². The SMILES string of the molecule is c1ccc(-n2c3ccccc3c3ccccc32)c(-c2ccc(-c3ccc(N(c4ccc(-c5cc6ccccc6c6ccccc56)cc4)c4cccc5c4sc4ccccc45)cc3)cc2)c1. The number of thiophene rings is 1. The van der Waals surface area contributed by atoms with Crippen LogP contribution < -0.4 is 4.90 Å². The molecule has 13 rings (SSSR count). The van der Waals surface area contributed by atoms with Crippen LogP contribution in [0.25, 0.3) is 103 Å². The molecule has 0 spiro atoms. The van der Waals surface area contributed by atoms with Gasteiger partial charge in [0, 0.05) is 43.2 Å². The van der Waals surface area contributed by atoms with Crippen LogP contribution in [-0.4, -0.2) is 4.57 Å². The van der Waals surface area contributed by atoms with Crippen LogP contribution >= 0.6 is 11.3 Å². The molecule has 2 nitrogen and oxygen atoms in total. The van der Waals surface area contributed by atoms with Crippen LogP contribution in [-0.2, 0) is 0 Å². The zero-order valence-electron chi connectivity index (χ0n) is 35.4. The van der Waals surface area contributed by atoms with Crippen molar-refractivity contribution >= 4 is 91.9 Å². The van der Waals surface area contributed by atoms with Crippen molar-refractivity contribution in [3.8, 4) is 39.1 Å². The molecule has 0 atom stereocenters. The molecular formula is C62H40N2S. The van der Waals surface area contributed by atoms with Crippen molar-refractivity contribution in [3.05, 3.63) is 243 Å². The van der Waals surface area contributed by atoms with Crippen molar-refractivity contribution in [2.75, 3.05) is 4.90 Å². The van der Waals surface area contributed by atoms with Gasteiger partial charge in [-0.15, -0.1) is 11.3 Å². The molecule has 0 amide bonds. The van der Waals surface area contributed by atoms with Crippen molar-refractivity contribution in [1.29, 1.82) is 0 Å². The molecule has 11 aromatic carbocycles. The summed E-state index contributed by atoms with van der Waals surface area (Å²) < 4.78 is 4.99. The van der Waals surface area contributed by atoms with E-state index in [0.717, 1.165) is 11.4 Å². The van der Waals surface area contributed by atoms with Crippen LogP contribution in [0.15, 0.2) is 243 Å². The first-order chi connectivity index (χ1) is 32.2. The minimum Gasteiger partial charge on any atom is -0.309 e. The van der Waals surface area contributed by atoms with Gasteiger partial charge in [-0.25, -0.2) is 0 Å². The van der Waals surface area contributed by atoms with Gasteiger partial charge in [0.25, 0.3) is 0 Å². The summed E-state index contributed by atoms with van der Waals surface area (Å²) >= 11 is 1.87. The van der Waals surface area contributed by atoms with Gasteiger partial charge in [0.1, 0.15) is 0 Å². The van der Waals surface area contributed by atoms with Crippen LogP contribution in [0.2, 0.25) is 0 Å². The average molecular weight is 845 g/mol. The van der Waals surface area contributed by atoms with Gasteiger partial charge in [-0.2, -0.15) is 0 Å². The first-order valence-corrected chi connectivity index (χ1v) is 23.1. The predicted octanol–water partition coefficient (Wildman–Crippen LogP) is 17.9. The lowest BCUT2D eigenvalue weighted by Crippen LogP contribution is -2.10. The molecule has 13 aromatic rings. The van der Waals surface area contributed by atoms with E-state index in [1.54, 1.807) is 0 Å². The van der Waals surface area contributed by atoms with E-state index in [1.165, 1.54) is 108 Å². The van der Waals surface area contributed by atoms with E-state index in [1.807, 2.05) is 11.3 Å². The summed E-state index contributed by atoms with van der Waals surface area (Å²) in [6, 6.07) is 88.8. The molecule has 0 N–H and O–H groups in total. The smallest absolute Gasteiger partial charge is 0.0640 e. The Morgan fingerprint density at radius 1 is 0.323 bits per heavy atom. The first kappa shape index (κ1) is 37.3. The lowest BCUT2D eigenvalue weighted by Gasteiger charge is -2.26. The van der Waals surface area contributed by atoms with Gasteiger partial charge in [-0.3, -0.25) is 0 Å². The van der Waals surface area contributed by atoms with E-state index in [-0.39, 0.29) is 0 Å². The second-order valence-electron chi connectivity index (χ2n) is 16.8. The van der Waals surface area contributed by atoms with Crippen LogP contribution in [0.5, 0.6) is 0 Å². The van der Waals surface area contributed by atoms with Crippen LogP contribution in [0, 0.1) is 0 Å². The second-order valence-corrected chi connectivity index (χ2v) is 17.9. The van der Waals surface area contributed by atoms with Crippen molar-refractivity contribution in [3.63, 3.8) is 0 Å². The molecule has 2 aromatic heterocycles. The third-order valence-corrected chi connectivity index (χ3v) is 14.4. The summed E-state index contributed by atoms with van der Waals surface area (Å²) in [5.74, 6) is 0. The maximum Gasteiger partial charge on any atom is 0.0640 e. The monoisotopic (exact) mass is 844 g/mol. The second kappa shape index (κ2) is 15.2. The Bertz CT molecular complexity index is 3880. The Morgan fingerprint density at radius 2 is 0.815 bits per heavy atom. The van der Waals surface area contributed by atoms with Gasteiger partial charge in [0.15, 0.2) is 0 Å². The van der Waals surface area contributed by atoms with Crippen LogP contribution in [0.1, 0.15) is 0 Å². The first-order valence-electron chi connectivity index (χ1n) is 22.2. The quantitative estimate of drug-likeness (QED) is 0.145. The standard InChI is InChI=1S/C62H40N2S/c1-2-15-48-45(14-1)40-56(51-18-4-3-17-50(48)51)44-34-38-47(39-35-44)63(60-26-13-22-55-54-21-8-12-27-61(54)65-62(55)60)46-36-32-42(33-37-46)41-28-30-43(31-29-41)49-16-5-9-23-57(49)64-58-24-10-6-19-52(58)53-20-7-11-25-59(53)64/h1-40H. The number of nitrogens with zero attached hydrogens (tertiary/aromatic N) is 2. The minimum absolute atomic E-state index is 1.11. The zero-order valence-corrected chi connectivity index (χ0v) is 36.2. The normalized spacial score (nSPS) is 11.7. The van der Waals surface area contributed by atoms with Crippen molar-refractivity contribution in [1.82, 2.24) is 4.57 Å². The molecule has 2 heterocycles. The molecule has 0 aliphatic heterocycles. The highest BCUT2D eigenvalue weighted by Crippen LogP contribution is 2.46. The van der Waals surface area contributed by atoms with E-state index in [9.17, 15) is 0 Å². The van der Waals surface area contributed by atoms with Crippen molar-refractivity contribution < 1.29 is 0 Å². The van der Waals surface area contributed by atoms with Gasteiger partial charge in [-0.1, -0.05) is 182 Å². The molecule has 3 heteroatoms. The Morgan fingerprint density at radius 3 is 1.52 bits per heavy atom. The highest BCUT2D eigenvalue weighted by molar-refractivity contribution is 7.26. The molecule has 0 saturated heterocycles. The maximum absolute atomic E-state index is 2.43. The zero-order chi connectivity index (χ0) is 42.8. The number of hydrogen-bond acceptors (Lipinski definition) is 2. The lowest BCUT2D eigenvalue weighted by atomic mass is 9.93. The van der Waals surface area contributed by atoms with Gasteiger partial charge in [0.05, 0.1) is 27.1 Å². The van der Waals surface area contributed by atoms with E-state index >= 15 is 0 Å². The van der Waals surface area contributed by atoms with E-state index in [0.29, 0.717) is 0 Å². The maximum atomic E-state index is 2.43. The molecule has 0 unspecified atom stereocenters. The number of rotatable bonds is 7. The summed E-state index contributed by atoms with van der Waals surface area (Å²) in [5.41, 5.74) is 14.2. The van der Waals surface area contributed by atoms with Gasteiger partial charge in [-0.05, 0) is 110 Å². The fourth-order valence-electron chi connectivity index (χ4n) is 10.2. The highest BCUT2D eigenvalue weighted by atomic mass is 32.1. The average Bonchev–Trinajstić information content (AvgIpc) is 3.93. The molecule has 65 heavy (non-hydrogen) atoms. The third kappa shape index (κ3) is 6.16. The molecule has 0 saturated carbocycles. The summed E-state index contributed by atoms with van der Waals surface area (Å²) in [6.07, 6.45) is 0. The number of anilines is 3. The summed E-state index contributed by atoms with van der Waals surface area (Å²) in [4.78, 5) is 2.43. The van der Waals surface area contributed by atoms with E-state index in [4.69, 9.17) is 0 Å². The number of aromatic nitrogens is 1. The van der Waals surface area contributed by atoms with Crippen LogP contribution in [0.3, 0.4) is 0 Å². The Kier molecular flexibility index (Phi) is 8.75. The fraction of sp³-hybridized carbons (Fsp3) is 0. The van der Waals surface area contributed by atoms with Gasteiger partial charge >= 0.3 is 0 Å². The molecule has 0 aliphatic carbocycles. The molecule has 304 valence electrons. The minimum atomic E-state index is 1.11. The van der Waals surface area contributed by atoms with Crippen molar-refractivity contribution in [2.24, 2.45) is 0 Å². The number of benzene rings is 11. The topological polar surface area (TPSA) is 8.17 Å². The number of para-hydroxylation sites is 3. The lowest BCUT2D eigenvalue weighted by molar-refractivity contribution is 1.18. The number of fused-ring (bicyclic) bond motifs is 9. The van der Waals surface area contributed by atoms with Crippen LogP contribution in [0.4, 0.5) is 17.1 Å². The Balaban J connectivity index is 0.883. The largest absolute Gasteiger partial charge is 0.309 e. The number of hydrogen-bond donors (Lipinski definition) is 0. The molecule has 0 bridgehead atoms. The molecular weight excluding hydrogens is 805 g/mol. The van der Waals surface area contributed by atoms with Crippen molar-refractivity contribution in [2.45, 2.75) is 0 Å². The van der Waals surface area contributed by atoms with E-state index < -0.39 is 0 Å². The summed E-state index contributed by atoms with van der Waals surface area (Å²) in [5, 5.41) is 10.2. The predicted molar refractivity (Wildman–Crippen MR) is 280 cm³/mol. The van der Waals surface area contributed by atoms with E-state index in [2.05, 4.69) is 252 Å². The summed E-state index contributed by atoms with van der Waals surface area (Å²) in [7, 11) is 0. The molecule has 0 radical (unpaired) electrons. The third-order valence-electron chi connectivity index (χ3n) is 13.2. The fourth-order valence-corrected chi connectivity index (χ4v) is 11.4. The molecule has 0 fully saturated rings. The summed E-state index contributed by atoms with van der Waals surface area (Å²) in [6.45, 7) is 0.